The highest BCUT2D eigenvalue weighted by Crippen LogP contribution is 2.20. The Morgan fingerprint density at radius 1 is 1.00 bits per heavy atom. The molecule has 2 aromatic carbocycles. The van der Waals surface area contributed by atoms with E-state index in [4.69, 9.17) is 4.74 Å². The van der Waals surface area contributed by atoms with Gasteiger partial charge in [0.2, 0.25) is 0 Å². The van der Waals surface area contributed by atoms with Crippen molar-refractivity contribution in [2.24, 2.45) is 0 Å². The van der Waals surface area contributed by atoms with Crippen LogP contribution in [0.1, 0.15) is 38.0 Å². The summed E-state index contributed by atoms with van der Waals surface area (Å²) in [4.78, 5) is 46.0. The molecule has 0 unspecified atom stereocenters. The molecule has 0 saturated carbocycles. The lowest BCUT2D eigenvalue weighted by Crippen LogP contribution is -2.14. The van der Waals surface area contributed by atoms with E-state index in [1.54, 1.807) is 6.92 Å². The number of carbonyl (C=O) groups excluding carboxylic acids is 3. The van der Waals surface area contributed by atoms with Gasteiger partial charge in [0, 0.05) is 23.4 Å². The number of nitro benzene ring substituents is 1. The molecule has 0 fully saturated rings. The molecule has 2 rings (SSSR count). The predicted molar refractivity (Wildman–Crippen MR) is 94.8 cm³/mol. The number of nitro groups is 1. The van der Waals surface area contributed by atoms with Gasteiger partial charge in [-0.25, -0.2) is 9.59 Å². The first-order chi connectivity index (χ1) is 12.8. The number of esters is 2. The van der Waals surface area contributed by atoms with Crippen molar-refractivity contribution >= 4 is 29.2 Å². The van der Waals surface area contributed by atoms with E-state index in [0.29, 0.717) is 11.3 Å². The Morgan fingerprint density at radius 2 is 1.63 bits per heavy atom. The fourth-order valence-corrected chi connectivity index (χ4v) is 2.19. The van der Waals surface area contributed by atoms with Gasteiger partial charge in [-0.3, -0.25) is 14.9 Å². The maximum Gasteiger partial charge on any atom is 0.338 e. The van der Waals surface area contributed by atoms with Crippen LogP contribution in [0.2, 0.25) is 0 Å². The largest absolute Gasteiger partial charge is 0.465 e. The lowest BCUT2D eigenvalue weighted by atomic mass is 10.1. The van der Waals surface area contributed by atoms with Crippen LogP contribution in [0.4, 0.5) is 11.4 Å². The Morgan fingerprint density at radius 3 is 2.19 bits per heavy atom. The van der Waals surface area contributed by atoms with Crippen LogP contribution >= 0.6 is 0 Å². The van der Waals surface area contributed by atoms with E-state index in [9.17, 15) is 24.5 Å². The van der Waals surface area contributed by atoms with E-state index in [2.05, 4.69) is 10.1 Å². The summed E-state index contributed by atoms with van der Waals surface area (Å²) >= 11 is 0. The molecular formula is C18H16N2O7. The molecule has 0 radical (unpaired) electrons. The van der Waals surface area contributed by atoms with Crippen LogP contribution in [0.25, 0.3) is 0 Å². The molecule has 0 bridgehead atoms. The third-order valence-corrected chi connectivity index (χ3v) is 3.47. The molecule has 0 heterocycles. The summed E-state index contributed by atoms with van der Waals surface area (Å²) < 4.78 is 9.41. The van der Waals surface area contributed by atoms with Crippen molar-refractivity contribution in [2.75, 3.05) is 19.0 Å². The Labute approximate surface area is 154 Å². The zero-order valence-electron chi connectivity index (χ0n) is 14.6. The monoisotopic (exact) mass is 372 g/mol. The second-order valence-corrected chi connectivity index (χ2v) is 5.27. The second kappa shape index (κ2) is 8.56. The van der Waals surface area contributed by atoms with Gasteiger partial charge in [0.15, 0.2) is 0 Å². The highest BCUT2D eigenvalue weighted by Gasteiger charge is 2.18. The molecule has 2 aromatic rings. The van der Waals surface area contributed by atoms with Crippen LogP contribution in [0.15, 0.2) is 42.5 Å². The Hall–Kier alpha value is -3.75. The highest BCUT2D eigenvalue weighted by atomic mass is 16.6. The van der Waals surface area contributed by atoms with Gasteiger partial charge >= 0.3 is 11.9 Å². The number of nitrogens with zero attached hydrogens (tertiary/aromatic N) is 1. The Kier molecular flexibility index (Phi) is 6.21. The van der Waals surface area contributed by atoms with Crippen molar-refractivity contribution in [1.29, 1.82) is 0 Å². The summed E-state index contributed by atoms with van der Waals surface area (Å²) in [5.41, 5.74) is 0.0617. The zero-order chi connectivity index (χ0) is 20.0. The third-order valence-electron chi connectivity index (χ3n) is 3.47. The number of rotatable bonds is 6. The van der Waals surface area contributed by atoms with Crippen LogP contribution in [0, 0.1) is 10.1 Å². The average molecular weight is 372 g/mol. The lowest BCUT2D eigenvalue weighted by molar-refractivity contribution is -0.384. The summed E-state index contributed by atoms with van der Waals surface area (Å²) in [5.74, 6) is -1.95. The topological polar surface area (TPSA) is 125 Å². The molecule has 9 nitrogen and oxygen atoms in total. The SMILES string of the molecule is CCOC(=O)c1ccc(NC(=O)c2cc(C(=O)OC)cc([N+](=O)[O-])c2)cc1. The first-order valence-corrected chi connectivity index (χ1v) is 7.82. The summed E-state index contributed by atoms with van der Waals surface area (Å²) in [6, 6.07) is 9.19. The maximum atomic E-state index is 12.4. The minimum atomic E-state index is -0.800. The molecular weight excluding hydrogens is 356 g/mol. The van der Waals surface area contributed by atoms with Crippen molar-refractivity contribution in [3.8, 4) is 0 Å². The van der Waals surface area contributed by atoms with Gasteiger partial charge in [0.1, 0.15) is 0 Å². The lowest BCUT2D eigenvalue weighted by Gasteiger charge is -2.08. The fourth-order valence-electron chi connectivity index (χ4n) is 2.19. The molecule has 0 aromatic heterocycles. The number of hydrogen-bond donors (Lipinski definition) is 1. The molecule has 0 aliphatic carbocycles. The minimum Gasteiger partial charge on any atom is -0.465 e. The van der Waals surface area contributed by atoms with Gasteiger partial charge in [-0.15, -0.1) is 0 Å². The normalized spacial score (nSPS) is 10.0. The number of methoxy groups -OCH3 is 1. The summed E-state index contributed by atoms with van der Waals surface area (Å²) in [6.45, 7) is 1.93. The van der Waals surface area contributed by atoms with Gasteiger partial charge in [-0.2, -0.15) is 0 Å². The van der Waals surface area contributed by atoms with E-state index in [0.717, 1.165) is 19.2 Å². The molecule has 0 aliphatic rings. The number of benzene rings is 2. The third kappa shape index (κ3) is 4.88. The quantitative estimate of drug-likeness (QED) is 0.469. The number of ether oxygens (including phenoxy) is 2. The van der Waals surface area contributed by atoms with Gasteiger partial charge in [0.25, 0.3) is 11.6 Å². The Balaban J connectivity index is 2.24. The van der Waals surface area contributed by atoms with E-state index in [1.807, 2.05) is 0 Å². The molecule has 0 saturated heterocycles. The summed E-state index contributed by atoms with van der Waals surface area (Å²) in [7, 11) is 1.13. The van der Waals surface area contributed by atoms with Crippen LogP contribution < -0.4 is 5.32 Å². The maximum absolute atomic E-state index is 12.4. The summed E-state index contributed by atoms with van der Waals surface area (Å²) in [5, 5.41) is 13.6. The van der Waals surface area contributed by atoms with Crippen molar-refractivity contribution in [3.05, 3.63) is 69.3 Å². The molecule has 1 amide bonds. The van der Waals surface area contributed by atoms with Crippen LogP contribution in [0.5, 0.6) is 0 Å². The van der Waals surface area contributed by atoms with Gasteiger partial charge in [-0.05, 0) is 37.3 Å². The zero-order valence-corrected chi connectivity index (χ0v) is 14.6. The van der Waals surface area contributed by atoms with E-state index in [1.165, 1.54) is 30.3 Å². The molecule has 140 valence electrons. The fraction of sp³-hybridized carbons (Fsp3) is 0.167. The van der Waals surface area contributed by atoms with Crippen LogP contribution in [0.3, 0.4) is 0 Å². The van der Waals surface area contributed by atoms with Crippen LogP contribution in [-0.4, -0.2) is 36.5 Å². The van der Waals surface area contributed by atoms with Crippen molar-refractivity contribution in [2.45, 2.75) is 6.92 Å². The number of non-ortho nitro benzene ring substituents is 1. The standard InChI is InChI=1S/C18H16N2O7/c1-3-27-18(23)11-4-6-14(7-5-11)19-16(21)12-8-13(17(22)26-2)10-15(9-12)20(24)25/h4-10H,3H2,1-2H3,(H,19,21). The van der Waals surface area contributed by atoms with E-state index < -0.39 is 28.5 Å². The Bertz CT molecular complexity index is 891. The molecule has 0 spiro atoms. The molecule has 0 aliphatic heterocycles. The number of amides is 1. The van der Waals surface area contributed by atoms with E-state index >= 15 is 0 Å². The summed E-state index contributed by atoms with van der Waals surface area (Å²) in [6.07, 6.45) is 0. The second-order valence-electron chi connectivity index (χ2n) is 5.27. The minimum absolute atomic E-state index is 0.0842. The number of nitrogens with one attached hydrogen (secondary N) is 1. The molecule has 27 heavy (non-hydrogen) atoms. The van der Waals surface area contributed by atoms with Crippen LogP contribution in [-0.2, 0) is 9.47 Å². The smallest absolute Gasteiger partial charge is 0.338 e. The predicted octanol–water partition coefficient (Wildman–Crippen LogP) is 2.81. The van der Waals surface area contributed by atoms with Crippen molar-refractivity contribution in [1.82, 2.24) is 0 Å². The van der Waals surface area contributed by atoms with Crippen molar-refractivity contribution < 1.29 is 28.8 Å². The van der Waals surface area contributed by atoms with Gasteiger partial charge in [0.05, 0.1) is 29.8 Å². The van der Waals surface area contributed by atoms with Gasteiger partial charge in [-0.1, -0.05) is 0 Å². The number of anilines is 1. The van der Waals surface area contributed by atoms with Crippen molar-refractivity contribution in [3.63, 3.8) is 0 Å². The molecule has 0 atom stereocenters. The highest BCUT2D eigenvalue weighted by molar-refractivity contribution is 6.06. The average Bonchev–Trinajstić information content (AvgIpc) is 2.67. The molecule has 9 heteroatoms. The van der Waals surface area contributed by atoms with Gasteiger partial charge < -0.3 is 14.8 Å². The molecule has 1 N–H and O–H groups in total. The first kappa shape index (κ1) is 19.6. The first-order valence-electron chi connectivity index (χ1n) is 7.82. The number of carbonyl (C=O) groups is 3. The number of hydrogen-bond acceptors (Lipinski definition) is 7. The van der Waals surface area contributed by atoms with E-state index in [-0.39, 0.29) is 17.7 Å².